The summed E-state index contributed by atoms with van der Waals surface area (Å²) in [4.78, 5) is 21.9. The molecular formula is C10H17N5O4. The molecule has 0 spiro atoms. The van der Waals surface area contributed by atoms with Crippen molar-refractivity contribution in [2.75, 3.05) is 26.3 Å². The van der Waals surface area contributed by atoms with Crippen LogP contribution >= 0.6 is 0 Å². The minimum absolute atomic E-state index is 0.124. The Morgan fingerprint density at radius 3 is 2.79 bits per heavy atom. The first-order chi connectivity index (χ1) is 9.13. The van der Waals surface area contributed by atoms with Crippen molar-refractivity contribution in [3.05, 3.63) is 11.9 Å². The van der Waals surface area contributed by atoms with Gasteiger partial charge >= 0.3 is 12.0 Å². The monoisotopic (exact) mass is 271 g/mol. The fourth-order valence-electron chi connectivity index (χ4n) is 1.23. The number of nitrogens with one attached hydrogen (secondary N) is 2. The topological polar surface area (TPSA) is 118 Å². The first-order valence-corrected chi connectivity index (χ1v) is 5.86. The normalized spacial score (nSPS) is 10.2. The lowest BCUT2D eigenvalue weighted by atomic mass is 10.5. The SMILES string of the molecule is CCOCCNC(=O)NCCn1cc(C(=O)O)nn1. The van der Waals surface area contributed by atoms with Crippen LogP contribution in [-0.4, -0.2) is 58.4 Å². The number of carbonyl (C=O) groups excluding carboxylic acids is 1. The molecule has 106 valence electrons. The maximum absolute atomic E-state index is 11.3. The number of carboxylic acids is 1. The van der Waals surface area contributed by atoms with Crippen molar-refractivity contribution in [2.45, 2.75) is 13.5 Å². The van der Waals surface area contributed by atoms with E-state index in [1.54, 1.807) is 0 Å². The predicted octanol–water partition coefficient (Wildman–Crippen LogP) is -0.688. The van der Waals surface area contributed by atoms with Gasteiger partial charge < -0.3 is 20.5 Å². The van der Waals surface area contributed by atoms with Crippen LogP contribution in [0.3, 0.4) is 0 Å². The molecule has 1 heterocycles. The molecule has 0 radical (unpaired) electrons. The quantitative estimate of drug-likeness (QED) is 0.539. The molecule has 0 atom stereocenters. The highest BCUT2D eigenvalue weighted by Crippen LogP contribution is 1.91. The fraction of sp³-hybridized carbons (Fsp3) is 0.600. The Morgan fingerprint density at radius 1 is 1.42 bits per heavy atom. The van der Waals surface area contributed by atoms with Gasteiger partial charge in [-0.15, -0.1) is 5.10 Å². The van der Waals surface area contributed by atoms with E-state index >= 15 is 0 Å². The lowest BCUT2D eigenvalue weighted by Gasteiger charge is -2.07. The maximum Gasteiger partial charge on any atom is 0.358 e. The van der Waals surface area contributed by atoms with Crippen LogP contribution in [0.1, 0.15) is 17.4 Å². The van der Waals surface area contributed by atoms with Gasteiger partial charge in [-0.25, -0.2) is 14.3 Å². The minimum Gasteiger partial charge on any atom is -0.476 e. The zero-order chi connectivity index (χ0) is 14.1. The highest BCUT2D eigenvalue weighted by molar-refractivity contribution is 5.84. The van der Waals surface area contributed by atoms with Gasteiger partial charge in [0.2, 0.25) is 0 Å². The van der Waals surface area contributed by atoms with Crippen LogP contribution in [0, 0.1) is 0 Å². The van der Waals surface area contributed by atoms with Crippen molar-refractivity contribution < 1.29 is 19.4 Å². The molecule has 9 nitrogen and oxygen atoms in total. The largest absolute Gasteiger partial charge is 0.476 e. The molecule has 9 heteroatoms. The smallest absolute Gasteiger partial charge is 0.358 e. The molecule has 0 aliphatic carbocycles. The van der Waals surface area contributed by atoms with E-state index in [2.05, 4.69) is 20.9 Å². The standard InChI is InChI=1S/C10H17N5O4/c1-2-19-6-4-12-10(18)11-3-5-15-7-8(9(16)17)13-14-15/h7H,2-6H2,1H3,(H,16,17)(H2,11,12,18). The summed E-state index contributed by atoms with van der Waals surface area (Å²) in [6.07, 6.45) is 1.30. The molecule has 3 N–H and O–H groups in total. The van der Waals surface area contributed by atoms with Crippen molar-refractivity contribution in [2.24, 2.45) is 0 Å². The van der Waals surface area contributed by atoms with Crippen LogP contribution in [0.2, 0.25) is 0 Å². The molecular weight excluding hydrogens is 254 g/mol. The number of aromatic carboxylic acids is 1. The summed E-state index contributed by atoms with van der Waals surface area (Å²) >= 11 is 0. The summed E-state index contributed by atoms with van der Waals surface area (Å²) in [6.45, 7) is 4.06. The molecule has 2 amide bonds. The third-order valence-corrected chi connectivity index (χ3v) is 2.12. The molecule has 0 bridgehead atoms. The van der Waals surface area contributed by atoms with Gasteiger partial charge in [0, 0.05) is 19.7 Å². The van der Waals surface area contributed by atoms with Crippen LogP contribution in [0.4, 0.5) is 4.79 Å². The average molecular weight is 271 g/mol. The third kappa shape index (κ3) is 5.82. The fourth-order valence-corrected chi connectivity index (χ4v) is 1.23. The van der Waals surface area contributed by atoms with E-state index in [1.807, 2.05) is 6.92 Å². The second-order valence-electron chi connectivity index (χ2n) is 3.55. The lowest BCUT2D eigenvalue weighted by Crippen LogP contribution is -2.38. The van der Waals surface area contributed by atoms with E-state index in [0.717, 1.165) is 0 Å². The number of carboxylic acid groups (broad SMARTS) is 1. The molecule has 0 aromatic carbocycles. The molecule has 1 rings (SSSR count). The van der Waals surface area contributed by atoms with Crippen molar-refractivity contribution in [3.63, 3.8) is 0 Å². The zero-order valence-electron chi connectivity index (χ0n) is 10.6. The predicted molar refractivity (Wildman–Crippen MR) is 64.9 cm³/mol. The molecule has 0 unspecified atom stereocenters. The summed E-state index contributed by atoms with van der Waals surface area (Å²) in [6, 6.07) is -0.307. The highest BCUT2D eigenvalue weighted by atomic mass is 16.5. The third-order valence-electron chi connectivity index (χ3n) is 2.12. The van der Waals surface area contributed by atoms with Crippen LogP contribution in [0.25, 0.3) is 0 Å². The zero-order valence-corrected chi connectivity index (χ0v) is 10.6. The molecule has 1 aromatic heterocycles. The van der Waals surface area contributed by atoms with Gasteiger partial charge in [0.25, 0.3) is 0 Å². The summed E-state index contributed by atoms with van der Waals surface area (Å²) < 4.78 is 6.41. The summed E-state index contributed by atoms with van der Waals surface area (Å²) in [5.74, 6) is -1.13. The second kappa shape index (κ2) is 8.03. The number of nitrogens with zero attached hydrogens (tertiary/aromatic N) is 3. The molecule has 0 fully saturated rings. The first kappa shape index (κ1) is 14.9. The molecule has 1 aromatic rings. The number of rotatable bonds is 8. The lowest BCUT2D eigenvalue weighted by molar-refractivity contribution is 0.0690. The maximum atomic E-state index is 11.3. The Morgan fingerprint density at radius 2 is 2.16 bits per heavy atom. The summed E-state index contributed by atoms with van der Waals surface area (Å²) in [5, 5.41) is 20.9. The van der Waals surface area contributed by atoms with E-state index in [-0.39, 0.29) is 11.7 Å². The Kier molecular flexibility index (Phi) is 6.30. The van der Waals surface area contributed by atoms with Crippen LogP contribution in [0.15, 0.2) is 6.20 Å². The van der Waals surface area contributed by atoms with Crippen molar-refractivity contribution in [3.8, 4) is 0 Å². The Balaban J connectivity index is 2.15. The van der Waals surface area contributed by atoms with E-state index < -0.39 is 5.97 Å². The number of amides is 2. The number of ether oxygens (including phenoxy) is 1. The van der Waals surface area contributed by atoms with Gasteiger partial charge in [-0.05, 0) is 6.92 Å². The van der Waals surface area contributed by atoms with E-state index in [0.29, 0.717) is 32.8 Å². The van der Waals surface area contributed by atoms with Crippen LogP contribution in [0.5, 0.6) is 0 Å². The molecule has 0 saturated heterocycles. The van der Waals surface area contributed by atoms with Crippen molar-refractivity contribution in [1.82, 2.24) is 25.6 Å². The number of hydrogen-bond acceptors (Lipinski definition) is 5. The van der Waals surface area contributed by atoms with Gasteiger partial charge in [0.15, 0.2) is 5.69 Å². The van der Waals surface area contributed by atoms with Crippen LogP contribution < -0.4 is 10.6 Å². The van der Waals surface area contributed by atoms with Gasteiger partial charge in [-0.2, -0.15) is 0 Å². The van der Waals surface area contributed by atoms with E-state index in [9.17, 15) is 9.59 Å². The Hall–Kier alpha value is -2.16. The van der Waals surface area contributed by atoms with Gasteiger partial charge in [-0.1, -0.05) is 5.21 Å². The molecule has 0 saturated carbocycles. The van der Waals surface area contributed by atoms with Gasteiger partial charge in [-0.3, -0.25) is 0 Å². The summed E-state index contributed by atoms with van der Waals surface area (Å²) in [5.41, 5.74) is -0.124. The Labute approximate surface area is 109 Å². The Bertz CT molecular complexity index is 420. The van der Waals surface area contributed by atoms with Crippen molar-refractivity contribution >= 4 is 12.0 Å². The van der Waals surface area contributed by atoms with Crippen LogP contribution in [-0.2, 0) is 11.3 Å². The average Bonchev–Trinajstić information content (AvgIpc) is 2.84. The first-order valence-electron chi connectivity index (χ1n) is 5.86. The van der Waals surface area contributed by atoms with Crippen molar-refractivity contribution in [1.29, 1.82) is 0 Å². The van der Waals surface area contributed by atoms with E-state index in [4.69, 9.17) is 9.84 Å². The van der Waals surface area contributed by atoms with Gasteiger partial charge in [0.05, 0.1) is 19.3 Å². The number of hydrogen-bond donors (Lipinski definition) is 3. The molecule has 0 aliphatic rings. The minimum atomic E-state index is -1.13. The highest BCUT2D eigenvalue weighted by Gasteiger charge is 2.07. The molecule has 0 aliphatic heterocycles. The van der Waals surface area contributed by atoms with Gasteiger partial charge in [0.1, 0.15) is 0 Å². The number of aromatic nitrogens is 3. The molecule has 19 heavy (non-hydrogen) atoms. The van der Waals surface area contributed by atoms with E-state index in [1.165, 1.54) is 10.9 Å². The number of carbonyl (C=O) groups is 2. The second-order valence-corrected chi connectivity index (χ2v) is 3.55. The summed E-state index contributed by atoms with van der Waals surface area (Å²) in [7, 11) is 0. The number of urea groups is 1.